The van der Waals surface area contributed by atoms with Gasteiger partial charge in [-0.3, -0.25) is 4.98 Å². The monoisotopic (exact) mass is 297 g/mol. The Bertz CT molecular complexity index is 539. The van der Waals surface area contributed by atoms with E-state index in [1.165, 1.54) is 19.3 Å². The fraction of sp³-hybridized carbons (Fsp3) is 0.643. The van der Waals surface area contributed by atoms with E-state index in [1.807, 2.05) is 6.92 Å². The Labute approximate surface area is 121 Å². The van der Waals surface area contributed by atoms with Crippen molar-refractivity contribution in [2.24, 2.45) is 11.7 Å². The van der Waals surface area contributed by atoms with Crippen LogP contribution in [-0.2, 0) is 16.6 Å². The molecule has 0 saturated heterocycles. The summed E-state index contributed by atoms with van der Waals surface area (Å²) in [4.78, 5) is 4.24. The fourth-order valence-electron chi connectivity index (χ4n) is 2.86. The summed E-state index contributed by atoms with van der Waals surface area (Å²) >= 11 is 0. The standard InChI is InChI=1S/C14H23N3O2S/c1-11(12-6-3-2-4-7-12)17-20(18,19)14-8-5-9-16-13(14)10-15/h5,8-9,11-12,17H,2-4,6-7,10,15H2,1H3. The summed E-state index contributed by atoms with van der Waals surface area (Å²) in [7, 11) is -3.54. The lowest BCUT2D eigenvalue weighted by Gasteiger charge is -2.28. The van der Waals surface area contributed by atoms with Gasteiger partial charge in [-0.1, -0.05) is 19.3 Å². The van der Waals surface area contributed by atoms with Gasteiger partial charge in [0.2, 0.25) is 10.0 Å². The van der Waals surface area contributed by atoms with E-state index in [0.29, 0.717) is 11.6 Å². The molecule has 0 bridgehead atoms. The summed E-state index contributed by atoms with van der Waals surface area (Å²) in [5, 5.41) is 0. The Morgan fingerprint density at radius 2 is 2.10 bits per heavy atom. The number of aromatic nitrogens is 1. The number of hydrogen-bond acceptors (Lipinski definition) is 4. The molecule has 0 aliphatic heterocycles. The van der Waals surface area contributed by atoms with E-state index in [1.54, 1.807) is 18.3 Å². The topological polar surface area (TPSA) is 85.1 Å². The largest absolute Gasteiger partial charge is 0.325 e. The van der Waals surface area contributed by atoms with Gasteiger partial charge in [-0.2, -0.15) is 0 Å². The van der Waals surface area contributed by atoms with Crippen LogP contribution >= 0.6 is 0 Å². The van der Waals surface area contributed by atoms with Crippen LogP contribution in [0.2, 0.25) is 0 Å². The van der Waals surface area contributed by atoms with Gasteiger partial charge in [0.25, 0.3) is 0 Å². The summed E-state index contributed by atoms with van der Waals surface area (Å²) in [5.74, 6) is 0.427. The van der Waals surface area contributed by atoms with Crippen LogP contribution in [0.1, 0.15) is 44.7 Å². The zero-order valence-corrected chi connectivity index (χ0v) is 12.7. The van der Waals surface area contributed by atoms with Gasteiger partial charge in [0, 0.05) is 18.8 Å². The Hall–Kier alpha value is -0.980. The van der Waals surface area contributed by atoms with E-state index < -0.39 is 10.0 Å². The summed E-state index contributed by atoms with van der Waals surface area (Å²) < 4.78 is 27.7. The van der Waals surface area contributed by atoms with Gasteiger partial charge < -0.3 is 5.73 Å². The third-order valence-corrected chi connectivity index (χ3v) is 5.66. The number of sulfonamides is 1. The summed E-state index contributed by atoms with van der Waals surface area (Å²) in [6.45, 7) is 2.07. The lowest BCUT2D eigenvalue weighted by Crippen LogP contribution is -2.39. The second-order valence-corrected chi connectivity index (χ2v) is 7.14. The molecule has 1 fully saturated rings. The molecule has 1 saturated carbocycles. The maximum Gasteiger partial charge on any atom is 0.242 e. The first-order valence-electron chi connectivity index (χ1n) is 7.21. The highest BCUT2D eigenvalue weighted by atomic mass is 32.2. The zero-order valence-electron chi connectivity index (χ0n) is 11.9. The molecule has 0 radical (unpaired) electrons. The second-order valence-electron chi connectivity index (χ2n) is 5.46. The predicted octanol–water partition coefficient (Wildman–Crippen LogP) is 1.79. The summed E-state index contributed by atoms with van der Waals surface area (Å²) in [5.41, 5.74) is 5.98. The molecule has 2 rings (SSSR count). The van der Waals surface area contributed by atoms with Gasteiger partial charge in [-0.15, -0.1) is 0 Å². The minimum absolute atomic E-state index is 0.0499. The molecule has 0 amide bonds. The van der Waals surface area contributed by atoms with Gasteiger partial charge in [0.05, 0.1) is 5.69 Å². The van der Waals surface area contributed by atoms with Crippen LogP contribution in [0.15, 0.2) is 23.2 Å². The molecule has 20 heavy (non-hydrogen) atoms. The van der Waals surface area contributed by atoms with Crippen molar-refractivity contribution >= 4 is 10.0 Å². The lowest BCUT2D eigenvalue weighted by atomic mass is 9.85. The molecule has 1 aliphatic carbocycles. The highest BCUT2D eigenvalue weighted by Crippen LogP contribution is 2.27. The van der Waals surface area contributed by atoms with Crippen molar-refractivity contribution in [2.45, 2.75) is 56.5 Å². The van der Waals surface area contributed by atoms with Crippen molar-refractivity contribution in [3.8, 4) is 0 Å². The molecule has 1 atom stereocenters. The zero-order chi connectivity index (χ0) is 14.6. The average molecular weight is 297 g/mol. The van der Waals surface area contributed by atoms with E-state index >= 15 is 0 Å². The van der Waals surface area contributed by atoms with Gasteiger partial charge in [-0.05, 0) is 37.8 Å². The lowest BCUT2D eigenvalue weighted by molar-refractivity contribution is 0.303. The molecular weight excluding hydrogens is 274 g/mol. The van der Waals surface area contributed by atoms with Crippen molar-refractivity contribution in [1.29, 1.82) is 0 Å². The molecule has 0 spiro atoms. The van der Waals surface area contributed by atoms with Crippen LogP contribution in [0.5, 0.6) is 0 Å². The molecule has 0 aromatic carbocycles. The van der Waals surface area contributed by atoms with Gasteiger partial charge >= 0.3 is 0 Å². The Balaban J connectivity index is 2.14. The van der Waals surface area contributed by atoms with Crippen LogP contribution in [0.4, 0.5) is 0 Å². The number of pyridine rings is 1. The quantitative estimate of drug-likeness (QED) is 0.867. The Morgan fingerprint density at radius 1 is 1.40 bits per heavy atom. The average Bonchev–Trinajstić information content (AvgIpc) is 2.47. The smallest absolute Gasteiger partial charge is 0.242 e. The number of rotatable bonds is 5. The van der Waals surface area contributed by atoms with Gasteiger partial charge in [-0.25, -0.2) is 13.1 Å². The molecule has 1 heterocycles. The van der Waals surface area contributed by atoms with E-state index in [-0.39, 0.29) is 17.5 Å². The summed E-state index contributed by atoms with van der Waals surface area (Å²) in [6.07, 6.45) is 7.40. The van der Waals surface area contributed by atoms with E-state index in [9.17, 15) is 8.42 Å². The van der Waals surface area contributed by atoms with E-state index in [2.05, 4.69) is 9.71 Å². The molecule has 1 aliphatic rings. The first-order chi connectivity index (χ1) is 9.54. The second kappa shape index (κ2) is 6.65. The van der Waals surface area contributed by atoms with Crippen molar-refractivity contribution in [1.82, 2.24) is 9.71 Å². The van der Waals surface area contributed by atoms with Gasteiger partial charge in [0.15, 0.2) is 0 Å². The summed E-state index contributed by atoms with van der Waals surface area (Å²) in [6, 6.07) is 3.13. The molecule has 1 unspecified atom stereocenters. The number of nitrogens with zero attached hydrogens (tertiary/aromatic N) is 1. The highest BCUT2D eigenvalue weighted by molar-refractivity contribution is 7.89. The Kier molecular flexibility index (Phi) is 5.12. The highest BCUT2D eigenvalue weighted by Gasteiger charge is 2.26. The van der Waals surface area contributed by atoms with E-state index in [0.717, 1.165) is 12.8 Å². The van der Waals surface area contributed by atoms with Crippen LogP contribution in [-0.4, -0.2) is 19.4 Å². The van der Waals surface area contributed by atoms with Crippen LogP contribution in [0, 0.1) is 5.92 Å². The molecule has 6 heteroatoms. The molecule has 5 nitrogen and oxygen atoms in total. The van der Waals surface area contributed by atoms with Crippen molar-refractivity contribution in [3.05, 3.63) is 24.0 Å². The minimum Gasteiger partial charge on any atom is -0.325 e. The molecular formula is C14H23N3O2S. The van der Waals surface area contributed by atoms with Crippen molar-refractivity contribution in [3.63, 3.8) is 0 Å². The van der Waals surface area contributed by atoms with Crippen molar-refractivity contribution in [2.75, 3.05) is 0 Å². The van der Waals surface area contributed by atoms with Crippen LogP contribution < -0.4 is 10.5 Å². The molecule has 1 aromatic rings. The third-order valence-electron chi connectivity index (χ3n) is 4.03. The minimum atomic E-state index is -3.54. The van der Waals surface area contributed by atoms with Gasteiger partial charge in [0.1, 0.15) is 4.90 Å². The van der Waals surface area contributed by atoms with Crippen molar-refractivity contribution < 1.29 is 8.42 Å². The molecule has 1 aromatic heterocycles. The maximum atomic E-state index is 12.5. The fourth-order valence-corrected chi connectivity index (χ4v) is 4.37. The predicted molar refractivity (Wildman–Crippen MR) is 78.5 cm³/mol. The SMILES string of the molecule is CC(NS(=O)(=O)c1cccnc1CN)C1CCCCC1. The number of nitrogens with one attached hydrogen (secondary N) is 1. The Morgan fingerprint density at radius 3 is 2.75 bits per heavy atom. The maximum absolute atomic E-state index is 12.5. The third kappa shape index (κ3) is 3.56. The first-order valence-corrected chi connectivity index (χ1v) is 8.69. The number of hydrogen-bond donors (Lipinski definition) is 2. The molecule has 112 valence electrons. The molecule has 3 N–H and O–H groups in total. The normalized spacial score (nSPS) is 18.9. The van der Waals surface area contributed by atoms with Crippen LogP contribution in [0.3, 0.4) is 0 Å². The van der Waals surface area contributed by atoms with Crippen LogP contribution in [0.25, 0.3) is 0 Å². The number of nitrogens with two attached hydrogens (primary N) is 1. The first kappa shape index (κ1) is 15.4. The van der Waals surface area contributed by atoms with E-state index in [4.69, 9.17) is 5.73 Å².